The van der Waals surface area contributed by atoms with Gasteiger partial charge in [-0.1, -0.05) is 38.1 Å². The Hall–Kier alpha value is -2.75. The van der Waals surface area contributed by atoms with Crippen LogP contribution in [0.25, 0.3) is 6.08 Å². The molecule has 0 spiro atoms. The maximum atomic E-state index is 12.4. The molecule has 126 valence electrons. The van der Waals surface area contributed by atoms with Crippen molar-refractivity contribution in [2.75, 3.05) is 19.5 Å². The zero-order valence-corrected chi connectivity index (χ0v) is 14.5. The second-order valence-electron chi connectivity index (χ2n) is 5.72. The van der Waals surface area contributed by atoms with Gasteiger partial charge in [-0.2, -0.15) is 0 Å². The van der Waals surface area contributed by atoms with E-state index in [0.29, 0.717) is 5.92 Å². The molecule has 0 aliphatic rings. The molecule has 4 nitrogen and oxygen atoms in total. The lowest BCUT2D eigenvalue weighted by atomic mass is 10.0. The van der Waals surface area contributed by atoms with Crippen molar-refractivity contribution in [1.82, 2.24) is 0 Å². The summed E-state index contributed by atoms with van der Waals surface area (Å²) < 4.78 is 10.3. The van der Waals surface area contributed by atoms with Crippen LogP contribution in [0.1, 0.15) is 30.9 Å². The van der Waals surface area contributed by atoms with E-state index in [1.807, 2.05) is 48.5 Å². The number of benzene rings is 2. The number of carbonyl (C=O) groups excluding carboxylic acids is 1. The van der Waals surface area contributed by atoms with E-state index >= 15 is 0 Å². The molecular formula is C20H23NO3. The summed E-state index contributed by atoms with van der Waals surface area (Å²) >= 11 is 0. The first-order valence-corrected chi connectivity index (χ1v) is 7.84. The number of rotatable bonds is 6. The molecule has 0 atom stereocenters. The van der Waals surface area contributed by atoms with Crippen LogP contribution in [0, 0.1) is 0 Å². The summed E-state index contributed by atoms with van der Waals surface area (Å²) in [5, 5.41) is 2.84. The Morgan fingerprint density at radius 3 is 2.12 bits per heavy atom. The average molecular weight is 325 g/mol. The molecule has 0 bridgehead atoms. The highest BCUT2D eigenvalue weighted by molar-refractivity contribution is 6.05. The van der Waals surface area contributed by atoms with Crippen LogP contribution in [0.3, 0.4) is 0 Å². The predicted octanol–water partition coefficient (Wildman–Crippen LogP) is 4.44. The largest absolute Gasteiger partial charge is 0.497 e. The minimum absolute atomic E-state index is 0.244. The maximum Gasteiger partial charge on any atom is 0.290 e. The molecule has 1 N–H and O–H groups in total. The highest BCUT2D eigenvalue weighted by Gasteiger charge is 2.10. The van der Waals surface area contributed by atoms with E-state index < -0.39 is 0 Å². The molecule has 0 aliphatic carbocycles. The zero-order valence-electron chi connectivity index (χ0n) is 14.5. The Kier molecular flexibility index (Phi) is 6.01. The SMILES string of the molecule is CO/C(=C\c1ccc(OC)cc1)C(=O)Nc1ccc(C(C)C)cc1. The standard InChI is InChI=1S/C20H23NO3/c1-14(2)16-7-9-17(10-8-16)21-20(22)19(24-4)13-15-5-11-18(23-3)12-6-15/h5-14H,1-4H3,(H,21,22)/b19-13-. The van der Waals surface area contributed by atoms with Crippen LogP contribution < -0.4 is 10.1 Å². The summed E-state index contributed by atoms with van der Waals surface area (Å²) in [6.45, 7) is 4.27. The Labute approximate surface area is 143 Å². The number of ether oxygens (including phenoxy) is 2. The van der Waals surface area contributed by atoms with Crippen LogP contribution in [-0.4, -0.2) is 20.1 Å². The van der Waals surface area contributed by atoms with Crippen molar-refractivity contribution in [2.45, 2.75) is 19.8 Å². The smallest absolute Gasteiger partial charge is 0.290 e. The Bertz CT molecular complexity index is 701. The summed E-state index contributed by atoms with van der Waals surface area (Å²) in [5.41, 5.74) is 2.83. The minimum atomic E-state index is -0.286. The van der Waals surface area contributed by atoms with Gasteiger partial charge in [-0.15, -0.1) is 0 Å². The van der Waals surface area contributed by atoms with Gasteiger partial charge in [0, 0.05) is 5.69 Å². The Morgan fingerprint density at radius 2 is 1.62 bits per heavy atom. The van der Waals surface area contributed by atoms with Crippen molar-refractivity contribution in [3.63, 3.8) is 0 Å². The molecule has 24 heavy (non-hydrogen) atoms. The molecule has 0 aliphatic heterocycles. The third-order valence-corrected chi connectivity index (χ3v) is 3.69. The normalized spacial score (nSPS) is 11.3. The first-order chi connectivity index (χ1) is 11.5. The van der Waals surface area contributed by atoms with E-state index in [1.165, 1.54) is 12.7 Å². The van der Waals surface area contributed by atoms with Gasteiger partial charge in [0.05, 0.1) is 14.2 Å². The van der Waals surface area contributed by atoms with Crippen LogP contribution >= 0.6 is 0 Å². The summed E-state index contributed by atoms with van der Waals surface area (Å²) in [4.78, 5) is 12.4. The number of carbonyl (C=O) groups is 1. The fraction of sp³-hybridized carbons (Fsp3) is 0.250. The quantitative estimate of drug-likeness (QED) is 0.631. The zero-order chi connectivity index (χ0) is 17.5. The Morgan fingerprint density at radius 1 is 1.00 bits per heavy atom. The van der Waals surface area contributed by atoms with Gasteiger partial charge in [0.25, 0.3) is 5.91 Å². The van der Waals surface area contributed by atoms with Gasteiger partial charge in [0.1, 0.15) is 5.75 Å². The number of amides is 1. The van der Waals surface area contributed by atoms with Crippen molar-refractivity contribution >= 4 is 17.7 Å². The van der Waals surface area contributed by atoms with Gasteiger partial charge in [-0.25, -0.2) is 0 Å². The number of anilines is 1. The number of hydrogen-bond donors (Lipinski definition) is 1. The first kappa shape index (κ1) is 17.6. The molecule has 0 fully saturated rings. The van der Waals surface area contributed by atoms with E-state index in [0.717, 1.165) is 17.0 Å². The lowest BCUT2D eigenvalue weighted by molar-refractivity contribution is -0.115. The first-order valence-electron chi connectivity index (χ1n) is 7.84. The third-order valence-electron chi connectivity index (χ3n) is 3.69. The van der Waals surface area contributed by atoms with Crippen molar-refractivity contribution in [1.29, 1.82) is 0 Å². The summed E-state index contributed by atoms with van der Waals surface area (Å²) in [5.74, 6) is 1.18. The van der Waals surface area contributed by atoms with Gasteiger partial charge in [-0.3, -0.25) is 4.79 Å². The predicted molar refractivity (Wildman–Crippen MR) is 97.1 cm³/mol. The van der Waals surface area contributed by atoms with Crippen molar-refractivity contribution in [3.8, 4) is 5.75 Å². The van der Waals surface area contributed by atoms with Gasteiger partial charge in [-0.05, 0) is 47.4 Å². The molecule has 4 heteroatoms. The third kappa shape index (κ3) is 4.62. The number of methoxy groups -OCH3 is 2. The van der Waals surface area contributed by atoms with Gasteiger partial charge >= 0.3 is 0 Å². The topological polar surface area (TPSA) is 47.6 Å². The fourth-order valence-corrected chi connectivity index (χ4v) is 2.21. The summed E-state index contributed by atoms with van der Waals surface area (Å²) in [7, 11) is 3.10. The van der Waals surface area contributed by atoms with E-state index in [9.17, 15) is 4.79 Å². The molecule has 0 saturated carbocycles. The summed E-state index contributed by atoms with van der Waals surface area (Å²) in [6.07, 6.45) is 1.69. The highest BCUT2D eigenvalue weighted by atomic mass is 16.5. The molecule has 2 rings (SSSR count). The van der Waals surface area contributed by atoms with E-state index in [1.54, 1.807) is 13.2 Å². The molecule has 0 aromatic heterocycles. The van der Waals surface area contributed by atoms with Crippen LogP contribution in [0.4, 0.5) is 5.69 Å². The van der Waals surface area contributed by atoms with Gasteiger partial charge in [0.15, 0.2) is 5.76 Å². The Balaban J connectivity index is 2.11. The minimum Gasteiger partial charge on any atom is -0.497 e. The van der Waals surface area contributed by atoms with Gasteiger partial charge < -0.3 is 14.8 Å². The summed E-state index contributed by atoms with van der Waals surface area (Å²) in [6, 6.07) is 15.2. The monoisotopic (exact) mass is 325 g/mol. The van der Waals surface area contributed by atoms with E-state index in [-0.39, 0.29) is 11.7 Å². The van der Waals surface area contributed by atoms with Crippen LogP contribution in [0.2, 0.25) is 0 Å². The lowest BCUT2D eigenvalue weighted by Gasteiger charge is -2.10. The van der Waals surface area contributed by atoms with Crippen molar-refractivity contribution < 1.29 is 14.3 Å². The average Bonchev–Trinajstić information content (AvgIpc) is 2.60. The van der Waals surface area contributed by atoms with E-state index in [4.69, 9.17) is 9.47 Å². The molecule has 1 amide bonds. The van der Waals surface area contributed by atoms with Crippen LogP contribution in [-0.2, 0) is 9.53 Å². The van der Waals surface area contributed by atoms with Crippen LogP contribution in [0.15, 0.2) is 54.3 Å². The molecule has 0 heterocycles. The molecule has 0 unspecified atom stereocenters. The molecule has 2 aromatic carbocycles. The fourth-order valence-electron chi connectivity index (χ4n) is 2.21. The molecular weight excluding hydrogens is 302 g/mol. The van der Waals surface area contributed by atoms with Crippen molar-refractivity contribution in [2.24, 2.45) is 0 Å². The maximum absolute atomic E-state index is 12.4. The van der Waals surface area contributed by atoms with Crippen LogP contribution in [0.5, 0.6) is 5.75 Å². The molecule has 2 aromatic rings. The lowest BCUT2D eigenvalue weighted by Crippen LogP contribution is -2.15. The molecule has 0 radical (unpaired) electrons. The number of hydrogen-bond acceptors (Lipinski definition) is 3. The van der Waals surface area contributed by atoms with Crippen molar-refractivity contribution in [3.05, 3.63) is 65.4 Å². The van der Waals surface area contributed by atoms with Gasteiger partial charge in [0.2, 0.25) is 0 Å². The van der Waals surface area contributed by atoms with E-state index in [2.05, 4.69) is 19.2 Å². The second kappa shape index (κ2) is 8.20. The second-order valence-corrected chi connectivity index (χ2v) is 5.72. The number of nitrogens with one attached hydrogen (secondary N) is 1. The highest BCUT2D eigenvalue weighted by Crippen LogP contribution is 2.19. The molecule has 0 saturated heterocycles.